The fourth-order valence-corrected chi connectivity index (χ4v) is 4.04. The van der Waals surface area contributed by atoms with Crippen LogP contribution in [0.25, 0.3) is 0 Å². The molecule has 4 rings (SSSR count). The van der Waals surface area contributed by atoms with Gasteiger partial charge in [-0.15, -0.1) is 0 Å². The van der Waals surface area contributed by atoms with Crippen LogP contribution in [0.2, 0.25) is 0 Å². The Bertz CT molecular complexity index is 1090. The molecule has 2 amide bonds. The van der Waals surface area contributed by atoms with Crippen molar-refractivity contribution in [1.29, 1.82) is 0 Å². The molecule has 1 saturated heterocycles. The second kappa shape index (κ2) is 11.5. The fourth-order valence-electron chi connectivity index (χ4n) is 4.04. The summed E-state index contributed by atoms with van der Waals surface area (Å²) in [5.74, 6) is -0.475. The second-order valence-electron chi connectivity index (χ2n) is 8.50. The zero-order valence-corrected chi connectivity index (χ0v) is 19.5. The van der Waals surface area contributed by atoms with Gasteiger partial charge in [-0.3, -0.25) is 9.59 Å². The van der Waals surface area contributed by atoms with Crippen LogP contribution in [-0.2, 0) is 16.0 Å². The van der Waals surface area contributed by atoms with Gasteiger partial charge in [-0.05, 0) is 61.2 Å². The van der Waals surface area contributed by atoms with Gasteiger partial charge in [0.05, 0.1) is 13.2 Å². The van der Waals surface area contributed by atoms with E-state index in [2.05, 4.69) is 39.8 Å². The predicted octanol–water partition coefficient (Wildman–Crippen LogP) is 4.20. The van der Waals surface area contributed by atoms with Gasteiger partial charge in [0.2, 0.25) is 5.91 Å². The van der Waals surface area contributed by atoms with Gasteiger partial charge < -0.3 is 20.3 Å². The SMILES string of the molecule is Cc1ccccc1NC(=O)C(CCc1ccc(N2CCOCC2)cc1)NC(=O)c1ccccc1. The zero-order chi connectivity index (χ0) is 23.8. The van der Waals surface area contributed by atoms with Gasteiger partial charge in [0.1, 0.15) is 6.04 Å². The summed E-state index contributed by atoms with van der Waals surface area (Å²) in [4.78, 5) is 28.3. The lowest BCUT2D eigenvalue weighted by molar-refractivity contribution is -0.118. The monoisotopic (exact) mass is 457 g/mol. The second-order valence-corrected chi connectivity index (χ2v) is 8.50. The Morgan fingerprint density at radius 1 is 0.912 bits per heavy atom. The molecule has 1 aliphatic heterocycles. The summed E-state index contributed by atoms with van der Waals surface area (Å²) in [7, 11) is 0. The van der Waals surface area contributed by atoms with Crippen molar-refractivity contribution in [3.8, 4) is 0 Å². The number of morpholine rings is 1. The number of hydrogen-bond acceptors (Lipinski definition) is 4. The first-order valence-corrected chi connectivity index (χ1v) is 11.7. The van der Waals surface area contributed by atoms with Crippen LogP contribution in [0.1, 0.15) is 27.9 Å². The molecule has 34 heavy (non-hydrogen) atoms. The molecule has 1 atom stereocenters. The van der Waals surface area contributed by atoms with Crippen LogP contribution in [-0.4, -0.2) is 44.2 Å². The van der Waals surface area contributed by atoms with Crippen LogP contribution in [0, 0.1) is 6.92 Å². The van der Waals surface area contributed by atoms with Gasteiger partial charge in [-0.1, -0.05) is 48.5 Å². The Hall–Kier alpha value is -3.64. The molecular formula is C28H31N3O3. The smallest absolute Gasteiger partial charge is 0.251 e. The summed E-state index contributed by atoms with van der Waals surface area (Å²) in [5.41, 5.74) is 4.56. The van der Waals surface area contributed by atoms with E-state index in [1.165, 1.54) is 5.69 Å². The van der Waals surface area contributed by atoms with E-state index < -0.39 is 6.04 Å². The van der Waals surface area contributed by atoms with Crippen LogP contribution in [0.4, 0.5) is 11.4 Å². The van der Waals surface area contributed by atoms with E-state index >= 15 is 0 Å². The quantitative estimate of drug-likeness (QED) is 0.532. The van der Waals surface area contributed by atoms with Crippen LogP contribution in [0.15, 0.2) is 78.9 Å². The largest absolute Gasteiger partial charge is 0.378 e. The summed E-state index contributed by atoms with van der Waals surface area (Å²) in [6, 6.07) is 24.4. The lowest BCUT2D eigenvalue weighted by Crippen LogP contribution is -2.44. The molecule has 2 N–H and O–H groups in total. The molecule has 176 valence electrons. The van der Waals surface area contributed by atoms with Crippen LogP contribution in [0.3, 0.4) is 0 Å². The first kappa shape index (κ1) is 23.5. The number of amides is 2. The molecule has 0 aliphatic carbocycles. The molecule has 1 aliphatic rings. The highest BCUT2D eigenvalue weighted by molar-refractivity contribution is 6.01. The van der Waals surface area contributed by atoms with Crippen molar-refractivity contribution in [3.63, 3.8) is 0 Å². The van der Waals surface area contributed by atoms with Crippen molar-refractivity contribution >= 4 is 23.2 Å². The molecule has 6 nitrogen and oxygen atoms in total. The summed E-state index contributed by atoms with van der Waals surface area (Å²) in [5, 5.41) is 5.92. The van der Waals surface area contributed by atoms with Crippen molar-refractivity contribution < 1.29 is 14.3 Å². The first-order valence-electron chi connectivity index (χ1n) is 11.7. The molecule has 0 saturated carbocycles. The van der Waals surface area contributed by atoms with Crippen molar-refractivity contribution in [2.45, 2.75) is 25.8 Å². The van der Waals surface area contributed by atoms with E-state index in [1.54, 1.807) is 12.1 Å². The molecule has 1 fully saturated rings. The third-order valence-corrected chi connectivity index (χ3v) is 6.09. The Balaban J connectivity index is 1.44. The van der Waals surface area contributed by atoms with E-state index in [0.717, 1.165) is 43.1 Å². The normalized spacial score (nSPS) is 14.3. The number of nitrogens with one attached hydrogen (secondary N) is 2. The van der Waals surface area contributed by atoms with Crippen molar-refractivity contribution in [1.82, 2.24) is 5.32 Å². The highest BCUT2D eigenvalue weighted by Crippen LogP contribution is 2.19. The maximum atomic E-state index is 13.2. The number of carbonyl (C=O) groups is 2. The number of para-hydroxylation sites is 1. The number of carbonyl (C=O) groups excluding carboxylic acids is 2. The molecular weight excluding hydrogens is 426 g/mol. The zero-order valence-electron chi connectivity index (χ0n) is 19.5. The molecule has 0 radical (unpaired) electrons. The third-order valence-electron chi connectivity index (χ3n) is 6.09. The van der Waals surface area contributed by atoms with Crippen LogP contribution >= 0.6 is 0 Å². The maximum Gasteiger partial charge on any atom is 0.251 e. The highest BCUT2D eigenvalue weighted by atomic mass is 16.5. The summed E-state index contributed by atoms with van der Waals surface area (Å²) in [6.45, 7) is 5.24. The first-order chi connectivity index (χ1) is 16.6. The van der Waals surface area contributed by atoms with Gasteiger partial charge in [-0.2, -0.15) is 0 Å². The number of anilines is 2. The Morgan fingerprint density at radius 3 is 2.29 bits per heavy atom. The van der Waals surface area contributed by atoms with Crippen molar-refractivity contribution in [2.75, 3.05) is 36.5 Å². The number of nitrogens with zero attached hydrogens (tertiary/aromatic N) is 1. The predicted molar refractivity (Wildman–Crippen MR) is 135 cm³/mol. The molecule has 3 aromatic rings. The van der Waals surface area contributed by atoms with Crippen LogP contribution in [0.5, 0.6) is 0 Å². The Labute approximate surface area is 200 Å². The number of ether oxygens (including phenoxy) is 1. The average molecular weight is 458 g/mol. The summed E-state index contributed by atoms with van der Waals surface area (Å²) < 4.78 is 5.43. The van der Waals surface area contributed by atoms with E-state index in [9.17, 15) is 9.59 Å². The fraction of sp³-hybridized carbons (Fsp3) is 0.286. The topological polar surface area (TPSA) is 70.7 Å². The van der Waals surface area contributed by atoms with E-state index in [0.29, 0.717) is 18.4 Å². The number of aryl methyl sites for hydroxylation is 2. The highest BCUT2D eigenvalue weighted by Gasteiger charge is 2.22. The lowest BCUT2D eigenvalue weighted by Gasteiger charge is -2.29. The van der Waals surface area contributed by atoms with Gasteiger partial charge >= 0.3 is 0 Å². The van der Waals surface area contributed by atoms with Crippen molar-refractivity contribution in [2.24, 2.45) is 0 Å². The van der Waals surface area contributed by atoms with Gasteiger partial charge in [0.15, 0.2) is 0 Å². The summed E-state index contributed by atoms with van der Waals surface area (Å²) in [6.07, 6.45) is 1.16. The third kappa shape index (κ3) is 6.23. The Morgan fingerprint density at radius 2 is 1.59 bits per heavy atom. The van der Waals surface area contributed by atoms with Crippen LogP contribution < -0.4 is 15.5 Å². The van der Waals surface area contributed by atoms with E-state index in [-0.39, 0.29) is 11.8 Å². The molecule has 0 spiro atoms. The lowest BCUT2D eigenvalue weighted by atomic mass is 10.0. The minimum atomic E-state index is -0.661. The Kier molecular flexibility index (Phi) is 7.94. The standard InChI is InChI=1S/C28H31N3O3/c1-21-7-5-6-10-25(21)29-28(33)26(30-27(32)23-8-3-2-4-9-23)16-13-22-11-14-24(15-12-22)31-17-19-34-20-18-31/h2-12,14-15,26H,13,16-20H2,1H3,(H,29,33)(H,30,32). The molecule has 0 aromatic heterocycles. The van der Waals surface area contributed by atoms with Gasteiger partial charge in [0, 0.05) is 30.0 Å². The van der Waals surface area contributed by atoms with Gasteiger partial charge in [0.25, 0.3) is 5.91 Å². The van der Waals surface area contributed by atoms with E-state index in [1.807, 2.05) is 49.4 Å². The van der Waals surface area contributed by atoms with Crippen molar-refractivity contribution in [3.05, 3.63) is 95.6 Å². The molecule has 1 heterocycles. The molecule has 0 bridgehead atoms. The molecule has 3 aromatic carbocycles. The minimum Gasteiger partial charge on any atom is -0.378 e. The number of hydrogen-bond donors (Lipinski definition) is 2. The average Bonchev–Trinajstić information content (AvgIpc) is 2.89. The van der Waals surface area contributed by atoms with Gasteiger partial charge in [-0.25, -0.2) is 0 Å². The molecule has 1 unspecified atom stereocenters. The number of rotatable bonds is 8. The molecule has 6 heteroatoms. The van der Waals surface area contributed by atoms with E-state index in [4.69, 9.17) is 4.74 Å². The summed E-state index contributed by atoms with van der Waals surface area (Å²) >= 11 is 0. The number of benzene rings is 3. The maximum absolute atomic E-state index is 13.2. The minimum absolute atomic E-state index is 0.219.